The van der Waals surface area contributed by atoms with Crippen molar-refractivity contribution in [3.8, 4) is 0 Å². The van der Waals surface area contributed by atoms with Crippen LogP contribution in [0.15, 0.2) is 36.4 Å². The first-order valence-electron chi connectivity index (χ1n) is 6.44. The van der Waals surface area contributed by atoms with Crippen molar-refractivity contribution in [2.45, 2.75) is 13.0 Å². The zero-order valence-electron chi connectivity index (χ0n) is 11.6. The summed E-state index contributed by atoms with van der Waals surface area (Å²) in [5, 5.41) is 14.5. The van der Waals surface area contributed by atoms with E-state index >= 15 is 0 Å². The van der Waals surface area contributed by atoms with Crippen molar-refractivity contribution in [2.24, 2.45) is 0 Å². The molecule has 0 unspecified atom stereocenters. The lowest BCUT2D eigenvalue weighted by Crippen LogP contribution is -2.17. The zero-order valence-corrected chi connectivity index (χ0v) is 12.4. The van der Waals surface area contributed by atoms with E-state index in [1.807, 2.05) is 24.3 Å². The van der Waals surface area contributed by atoms with Crippen molar-refractivity contribution in [3.63, 3.8) is 0 Å². The third kappa shape index (κ3) is 4.32. The summed E-state index contributed by atoms with van der Waals surface area (Å²) in [5.74, 6) is -0.931. The molecule has 0 saturated carbocycles. The van der Waals surface area contributed by atoms with Gasteiger partial charge in [0.1, 0.15) is 0 Å². The number of hydrogen-bond acceptors (Lipinski definition) is 4. The molecular weight excluding hydrogens is 288 g/mol. The van der Waals surface area contributed by atoms with Gasteiger partial charge in [-0.1, -0.05) is 0 Å². The zero-order chi connectivity index (χ0) is 15.2. The number of carbonyl (C=O) groups excluding carboxylic acids is 1. The van der Waals surface area contributed by atoms with Gasteiger partial charge < -0.3 is 15.7 Å². The highest BCUT2D eigenvalue weighted by atomic mass is 32.1. The van der Waals surface area contributed by atoms with Crippen LogP contribution in [0.2, 0.25) is 0 Å². The van der Waals surface area contributed by atoms with E-state index in [1.165, 1.54) is 11.3 Å². The van der Waals surface area contributed by atoms with Gasteiger partial charge in [0.2, 0.25) is 0 Å². The summed E-state index contributed by atoms with van der Waals surface area (Å²) in [5.41, 5.74) is 1.53. The molecule has 0 fully saturated rings. The van der Waals surface area contributed by atoms with Crippen LogP contribution in [-0.4, -0.2) is 24.0 Å². The molecule has 0 aliphatic rings. The van der Waals surface area contributed by atoms with Gasteiger partial charge in [0.15, 0.2) is 0 Å². The quantitative estimate of drug-likeness (QED) is 0.765. The Morgan fingerprint density at radius 3 is 2.38 bits per heavy atom. The molecular formula is C15H16N2O3S. The summed E-state index contributed by atoms with van der Waals surface area (Å²) >= 11 is 1.48. The fourth-order valence-corrected chi connectivity index (χ4v) is 2.78. The second-order valence-corrected chi connectivity index (χ2v) is 5.70. The molecule has 0 aliphatic carbocycles. The van der Waals surface area contributed by atoms with Gasteiger partial charge >= 0.3 is 5.97 Å². The SMILES string of the molecule is CNC(=O)c1ccc(NCc2ccc(CC(=O)O)s2)cc1. The lowest BCUT2D eigenvalue weighted by molar-refractivity contribution is -0.136. The van der Waals surface area contributed by atoms with Crippen LogP contribution in [0.1, 0.15) is 20.1 Å². The minimum Gasteiger partial charge on any atom is -0.481 e. The van der Waals surface area contributed by atoms with Crippen LogP contribution in [0, 0.1) is 0 Å². The number of carboxylic acid groups (broad SMARTS) is 1. The summed E-state index contributed by atoms with van der Waals surface area (Å²) in [4.78, 5) is 24.0. The van der Waals surface area contributed by atoms with Gasteiger partial charge in [0.25, 0.3) is 5.91 Å². The monoisotopic (exact) mass is 304 g/mol. The molecule has 0 radical (unpaired) electrons. The summed E-state index contributed by atoms with van der Waals surface area (Å²) < 4.78 is 0. The molecule has 0 saturated heterocycles. The fraction of sp³-hybridized carbons (Fsp3) is 0.200. The van der Waals surface area contributed by atoms with Crippen molar-refractivity contribution in [1.29, 1.82) is 0 Å². The maximum absolute atomic E-state index is 11.4. The van der Waals surface area contributed by atoms with Crippen LogP contribution >= 0.6 is 11.3 Å². The molecule has 2 rings (SSSR count). The van der Waals surface area contributed by atoms with E-state index in [0.29, 0.717) is 12.1 Å². The Morgan fingerprint density at radius 1 is 1.10 bits per heavy atom. The van der Waals surface area contributed by atoms with Crippen molar-refractivity contribution < 1.29 is 14.7 Å². The number of anilines is 1. The van der Waals surface area contributed by atoms with E-state index in [1.54, 1.807) is 19.2 Å². The average Bonchev–Trinajstić information content (AvgIpc) is 2.91. The predicted octanol–water partition coefficient (Wildman–Crippen LogP) is 2.35. The highest BCUT2D eigenvalue weighted by molar-refractivity contribution is 7.12. The standard InChI is InChI=1S/C15H16N2O3S/c1-16-15(20)10-2-4-11(5-3-10)17-9-13-7-6-12(21-13)8-14(18)19/h2-7,17H,8-9H2,1H3,(H,16,20)(H,18,19). The molecule has 1 aromatic heterocycles. The minimum atomic E-state index is -0.818. The number of hydrogen-bond donors (Lipinski definition) is 3. The lowest BCUT2D eigenvalue weighted by Gasteiger charge is -2.06. The second-order valence-electron chi connectivity index (χ2n) is 4.45. The number of benzene rings is 1. The molecule has 0 atom stereocenters. The molecule has 0 bridgehead atoms. The minimum absolute atomic E-state index is 0.0610. The first kappa shape index (κ1) is 15.1. The van der Waals surface area contributed by atoms with Crippen LogP contribution in [-0.2, 0) is 17.8 Å². The molecule has 3 N–H and O–H groups in total. The number of aliphatic carboxylic acids is 1. The number of amides is 1. The van der Waals surface area contributed by atoms with Gasteiger partial charge in [-0.25, -0.2) is 0 Å². The average molecular weight is 304 g/mol. The molecule has 1 heterocycles. The smallest absolute Gasteiger partial charge is 0.308 e. The van der Waals surface area contributed by atoms with Gasteiger partial charge in [0, 0.05) is 34.6 Å². The van der Waals surface area contributed by atoms with E-state index in [4.69, 9.17) is 5.11 Å². The summed E-state index contributed by atoms with van der Waals surface area (Å²) in [6, 6.07) is 11.0. The van der Waals surface area contributed by atoms with E-state index < -0.39 is 5.97 Å². The molecule has 110 valence electrons. The van der Waals surface area contributed by atoms with Crippen molar-refractivity contribution in [2.75, 3.05) is 12.4 Å². The Kier molecular flexibility index (Phi) is 4.94. The number of thiophene rings is 1. The summed E-state index contributed by atoms with van der Waals surface area (Å²) in [6.07, 6.45) is 0.0610. The Balaban J connectivity index is 1.92. The van der Waals surface area contributed by atoms with E-state index in [9.17, 15) is 9.59 Å². The van der Waals surface area contributed by atoms with Crippen molar-refractivity contribution >= 4 is 28.9 Å². The normalized spacial score (nSPS) is 10.1. The van der Waals surface area contributed by atoms with Crippen molar-refractivity contribution in [1.82, 2.24) is 5.32 Å². The van der Waals surface area contributed by atoms with Gasteiger partial charge in [-0.15, -0.1) is 11.3 Å². The maximum atomic E-state index is 11.4. The maximum Gasteiger partial charge on any atom is 0.308 e. The molecule has 1 amide bonds. The Bertz CT molecular complexity index is 635. The van der Waals surface area contributed by atoms with Crippen LogP contribution in [0.3, 0.4) is 0 Å². The topological polar surface area (TPSA) is 78.4 Å². The summed E-state index contributed by atoms with van der Waals surface area (Å²) in [6.45, 7) is 0.629. The van der Waals surface area contributed by atoms with Gasteiger partial charge in [-0.2, -0.15) is 0 Å². The van der Waals surface area contributed by atoms with E-state index in [0.717, 1.165) is 15.4 Å². The van der Waals surface area contributed by atoms with Crippen LogP contribution in [0.5, 0.6) is 0 Å². The Hall–Kier alpha value is -2.34. The van der Waals surface area contributed by atoms with E-state index in [-0.39, 0.29) is 12.3 Å². The lowest BCUT2D eigenvalue weighted by atomic mass is 10.2. The molecule has 21 heavy (non-hydrogen) atoms. The molecule has 0 aliphatic heterocycles. The van der Waals surface area contributed by atoms with Gasteiger partial charge in [0.05, 0.1) is 6.42 Å². The number of rotatable bonds is 6. The highest BCUT2D eigenvalue weighted by Gasteiger charge is 2.05. The largest absolute Gasteiger partial charge is 0.481 e. The number of carboxylic acids is 1. The van der Waals surface area contributed by atoms with Crippen LogP contribution in [0.25, 0.3) is 0 Å². The molecule has 0 spiro atoms. The number of nitrogens with one attached hydrogen (secondary N) is 2. The van der Waals surface area contributed by atoms with Gasteiger partial charge in [-0.3, -0.25) is 9.59 Å². The third-order valence-electron chi connectivity index (χ3n) is 2.88. The highest BCUT2D eigenvalue weighted by Crippen LogP contribution is 2.19. The van der Waals surface area contributed by atoms with Gasteiger partial charge in [-0.05, 0) is 36.4 Å². The van der Waals surface area contributed by atoms with Crippen LogP contribution < -0.4 is 10.6 Å². The predicted molar refractivity (Wildman–Crippen MR) is 82.8 cm³/mol. The fourth-order valence-electron chi connectivity index (χ4n) is 1.83. The Morgan fingerprint density at radius 2 is 1.76 bits per heavy atom. The summed E-state index contributed by atoms with van der Waals surface area (Å²) in [7, 11) is 1.60. The first-order chi connectivity index (χ1) is 10.1. The first-order valence-corrected chi connectivity index (χ1v) is 7.25. The molecule has 2 aromatic rings. The molecule has 6 heteroatoms. The molecule has 1 aromatic carbocycles. The Labute approximate surface area is 126 Å². The number of carbonyl (C=O) groups is 2. The van der Waals surface area contributed by atoms with Crippen LogP contribution in [0.4, 0.5) is 5.69 Å². The van der Waals surface area contributed by atoms with E-state index in [2.05, 4.69) is 10.6 Å². The van der Waals surface area contributed by atoms with Crippen molar-refractivity contribution in [3.05, 3.63) is 51.7 Å². The molecule has 5 nitrogen and oxygen atoms in total. The third-order valence-corrected chi connectivity index (χ3v) is 3.97. The second kappa shape index (κ2) is 6.90.